The number of benzene rings is 2. The summed E-state index contributed by atoms with van der Waals surface area (Å²) in [7, 11) is 0. The predicted molar refractivity (Wildman–Crippen MR) is 85.7 cm³/mol. The molecule has 0 bridgehead atoms. The molecule has 110 valence electrons. The van der Waals surface area contributed by atoms with Gasteiger partial charge in [-0.1, -0.05) is 35.1 Å². The molecule has 0 spiro atoms. The molecule has 0 fully saturated rings. The highest BCUT2D eigenvalue weighted by molar-refractivity contribution is 7.22. The van der Waals surface area contributed by atoms with Crippen LogP contribution in [0.2, 0.25) is 5.02 Å². The molecule has 1 heterocycles. The van der Waals surface area contributed by atoms with Crippen LogP contribution in [0, 0.1) is 10.1 Å². The second-order valence-electron chi connectivity index (χ2n) is 4.36. The standard InChI is InChI=1S/C14H8ClN3O3S/c15-8-5-6-9(11(7-8)18(20)21)13(19)17-14-16-10-3-1-2-4-12(10)22-14/h1-7H,(H,16,17,19). The van der Waals surface area contributed by atoms with E-state index in [0.717, 1.165) is 16.3 Å². The van der Waals surface area contributed by atoms with Crippen molar-refractivity contribution in [3.05, 3.63) is 63.2 Å². The van der Waals surface area contributed by atoms with Crippen molar-refractivity contribution in [1.29, 1.82) is 0 Å². The monoisotopic (exact) mass is 333 g/mol. The van der Waals surface area contributed by atoms with E-state index in [-0.39, 0.29) is 16.3 Å². The summed E-state index contributed by atoms with van der Waals surface area (Å²) < 4.78 is 0.920. The Bertz CT molecular complexity index is 861. The lowest BCUT2D eigenvalue weighted by atomic mass is 10.1. The third kappa shape index (κ3) is 2.76. The number of rotatable bonds is 3. The fourth-order valence-electron chi connectivity index (χ4n) is 1.94. The van der Waals surface area contributed by atoms with Gasteiger partial charge < -0.3 is 0 Å². The minimum absolute atomic E-state index is 0.0614. The molecule has 6 nitrogen and oxygen atoms in total. The van der Waals surface area contributed by atoms with Gasteiger partial charge in [0.05, 0.1) is 15.1 Å². The number of carbonyl (C=O) groups is 1. The Labute approximate surface area is 133 Å². The highest BCUT2D eigenvalue weighted by Gasteiger charge is 2.21. The van der Waals surface area contributed by atoms with E-state index in [1.807, 2.05) is 24.3 Å². The van der Waals surface area contributed by atoms with Crippen molar-refractivity contribution in [3.63, 3.8) is 0 Å². The topological polar surface area (TPSA) is 85.1 Å². The molecule has 0 saturated carbocycles. The number of amides is 1. The van der Waals surface area contributed by atoms with Gasteiger partial charge in [0, 0.05) is 11.1 Å². The van der Waals surface area contributed by atoms with Crippen LogP contribution in [0.15, 0.2) is 42.5 Å². The lowest BCUT2D eigenvalue weighted by molar-refractivity contribution is -0.385. The van der Waals surface area contributed by atoms with E-state index in [0.29, 0.717) is 5.13 Å². The summed E-state index contributed by atoms with van der Waals surface area (Å²) >= 11 is 7.03. The normalized spacial score (nSPS) is 10.6. The van der Waals surface area contributed by atoms with E-state index in [1.54, 1.807) is 0 Å². The number of nitrogens with one attached hydrogen (secondary N) is 1. The maximum absolute atomic E-state index is 12.2. The summed E-state index contributed by atoms with van der Waals surface area (Å²) in [6, 6.07) is 11.3. The van der Waals surface area contributed by atoms with Gasteiger partial charge in [0.1, 0.15) is 5.56 Å². The Kier molecular flexibility index (Phi) is 3.74. The lowest BCUT2D eigenvalue weighted by Crippen LogP contribution is -2.13. The molecule has 0 aliphatic carbocycles. The molecule has 0 radical (unpaired) electrons. The van der Waals surface area contributed by atoms with Crippen LogP contribution in [0.4, 0.5) is 10.8 Å². The average Bonchev–Trinajstić information content (AvgIpc) is 2.89. The maximum Gasteiger partial charge on any atom is 0.283 e. The number of halogens is 1. The van der Waals surface area contributed by atoms with Crippen molar-refractivity contribution in [2.24, 2.45) is 0 Å². The number of nitro benzene ring substituents is 1. The maximum atomic E-state index is 12.2. The van der Waals surface area contributed by atoms with E-state index >= 15 is 0 Å². The Morgan fingerprint density at radius 1 is 1.27 bits per heavy atom. The molecule has 8 heteroatoms. The number of anilines is 1. The minimum Gasteiger partial charge on any atom is -0.298 e. The van der Waals surface area contributed by atoms with Gasteiger partial charge in [0.2, 0.25) is 0 Å². The number of nitro groups is 1. The van der Waals surface area contributed by atoms with E-state index < -0.39 is 10.8 Å². The molecule has 0 saturated heterocycles. The second-order valence-corrected chi connectivity index (χ2v) is 5.83. The molecule has 1 amide bonds. The molecule has 3 aromatic rings. The van der Waals surface area contributed by atoms with Gasteiger partial charge in [-0.2, -0.15) is 0 Å². The van der Waals surface area contributed by atoms with Gasteiger partial charge >= 0.3 is 0 Å². The third-order valence-electron chi connectivity index (χ3n) is 2.92. The summed E-state index contributed by atoms with van der Waals surface area (Å²) in [5.41, 5.74) is 0.355. The highest BCUT2D eigenvalue weighted by atomic mass is 35.5. The first-order valence-corrected chi connectivity index (χ1v) is 7.35. The molecule has 0 aliphatic rings. The first kappa shape index (κ1) is 14.4. The van der Waals surface area contributed by atoms with Crippen LogP contribution in [0.3, 0.4) is 0 Å². The first-order valence-electron chi connectivity index (χ1n) is 6.15. The molecule has 1 N–H and O–H groups in total. The van der Waals surface area contributed by atoms with Crippen LogP contribution in [-0.4, -0.2) is 15.8 Å². The van der Waals surface area contributed by atoms with Crippen molar-refractivity contribution >= 4 is 49.9 Å². The smallest absolute Gasteiger partial charge is 0.283 e. The zero-order chi connectivity index (χ0) is 15.7. The first-order chi connectivity index (χ1) is 10.5. The van der Waals surface area contributed by atoms with Crippen molar-refractivity contribution < 1.29 is 9.72 Å². The Morgan fingerprint density at radius 2 is 2.05 bits per heavy atom. The van der Waals surface area contributed by atoms with Crippen LogP contribution in [0.25, 0.3) is 10.2 Å². The third-order valence-corrected chi connectivity index (χ3v) is 4.10. The van der Waals surface area contributed by atoms with Crippen LogP contribution >= 0.6 is 22.9 Å². The zero-order valence-electron chi connectivity index (χ0n) is 10.9. The number of nitrogens with zero attached hydrogens (tertiary/aromatic N) is 2. The molecular weight excluding hydrogens is 326 g/mol. The van der Waals surface area contributed by atoms with Gasteiger partial charge in [0.15, 0.2) is 5.13 Å². The van der Waals surface area contributed by atoms with Crippen LogP contribution in [0.5, 0.6) is 0 Å². The van der Waals surface area contributed by atoms with Crippen molar-refractivity contribution in [2.45, 2.75) is 0 Å². The largest absolute Gasteiger partial charge is 0.298 e. The highest BCUT2D eigenvalue weighted by Crippen LogP contribution is 2.28. The summed E-state index contributed by atoms with van der Waals surface area (Å²) in [5, 5.41) is 14.2. The number of thiazole rings is 1. The zero-order valence-corrected chi connectivity index (χ0v) is 12.5. The minimum atomic E-state index is -0.640. The van der Waals surface area contributed by atoms with Gasteiger partial charge in [-0.3, -0.25) is 20.2 Å². The molecule has 22 heavy (non-hydrogen) atoms. The Morgan fingerprint density at radius 3 is 2.77 bits per heavy atom. The molecule has 3 rings (SSSR count). The molecule has 1 aromatic heterocycles. The van der Waals surface area contributed by atoms with Gasteiger partial charge in [-0.25, -0.2) is 4.98 Å². The van der Waals surface area contributed by atoms with Crippen LogP contribution < -0.4 is 5.32 Å². The number of carbonyl (C=O) groups excluding carboxylic acids is 1. The van der Waals surface area contributed by atoms with Crippen molar-refractivity contribution in [1.82, 2.24) is 4.98 Å². The summed E-state index contributed by atoms with van der Waals surface area (Å²) in [5.74, 6) is -0.595. The number of para-hydroxylation sites is 1. The molecular formula is C14H8ClN3O3S. The van der Waals surface area contributed by atoms with Gasteiger partial charge in [0.25, 0.3) is 11.6 Å². The molecule has 2 aromatic carbocycles. The molecule has 0 unspecified atom stereocenters. The number of aromatic nitrogens is 1. The van der Waals surface area contributed by atoms with Crippen LogP contribution in [-0.2, 0) is 0 Å². The summed E-state index contributed by atoms with van der Waals surface area (Å²) in [6.07, 6.45) is 0. The van der Waals surface area contributed by atoms with Crippen molar-refractivity contribution in [3.8, 4) is 0 Å². The Balaban J connectivity index is 1.93. The van der Waals surface area contributed by atoms with Crippen molar-refractivity contribution in [2.75, 3.05) is 5.32 Å². The average molecular weight is 334 g/mol. The second kappa shape index (κ2) is 5.70. The van der Waals surface area contributed by atoms with Gasteiger partial charge in [-0.15, -0.1) is 0 Å². The quantitative estimate of drug-likeness (QED) is 0.577. The van der Waals surface area contributed by atoms with Gasteiger partial charge in [-0.05, 0) is 24.3 Å². The summed E-state index contributed by atoms with van der Waals surface area (Å²) in [4.78, 5) is 26.9. The number of hydrogen-bond donors (Lipinski definition) is 1. The summed E-state index contributed by atoms with van der Waals surface area (Å²) in [6.45, 7) is 0. The van der Waals surface area contributed by atoms with E-state index in [4.69, 9.17) is 11.6 Å². The fraction of sp³-hybridized carbons (Fsp3) is 0. The van der Waals surface area contributed by atoms with Crippen LogP contribution in [0.1, 0.15) is 10.4 Å². The molecule has 0 aliphatic heterocycles. The lowest BCUT2D eigenvalue weighted by Gasteiger charge is -2.03. The number of fused-ring (bicyclic) bond motifs is 1. The fourth-order valence-corrected chi connectivity index (χ4v) is 2.97. The van der Waals surface area contributed by atoms with E-state index in [2.05, 4.69) is 10.3 Å². The Hall–Kier alpha value is -2.51. The van der Waals surface area contributed by atoms with E-state index in [1.165, 1.54) is 23.5 Å². The SMILES string of the molecule is O=C(Nc1nc2ccccc2s1)c1ccc(Cl)cc1[N+](=O)[O-]. The molecule has 0 atom stereocenters. The number of hydrogen-bond acceptors (Lipinski definition) is 5. The van der Waals surface area contributed by atoms with E-state index in [9.17, 15) is 14.9 Å². The predicted octanol–water partition coefficient (Wildman–Crippen LogP) is 4.11.